The monoisotopic (exact) mass is 283 g/mol. The molecule has 19 heavy (non-hydrogen) atoms. The second-order valence-corrected chi connectivity index (χ2v) is 5.48. The van der Waals surface area contributed by atoms with E-state index in [4.69, 9.17) is 5.73 Å². The summed E-state index contributed by atoms with van der Waals surface area (Å²) in [5.41, 5.74) is 5.55. The zero-order chi connectivity index (χ0) is 14.3. The zero-order valence-electron chi connectivity index (χ0n) is 10.4. The lowest BCUT2D eigenvalue weighted by Gasteiger charge is -2.07. The molecule has 0 atom stereocenters. The van der Waals surface area contributed by atoms with Crippen LogP contribution >= 0.6 is 0 Å². The maximum absolute atomic E-state index is 11.9. The van der Waals surface area contributed by atoms with Gasteiger partial charge in [0.05, 0.1) is 4.90 Å². The molecule has 1 amide bonds. The summed E-state index contributed by atoms with van der Waals surface area (Å²) < 4.78 is 26.1. The third kappa shape index (κ3) is 4.47. The number of rotatable bonds is 7. The Morgan fingerprint density at radius 2 is 2.16 bits per heavy atom. The zero-order valence-corrected chi connectivity index (χ0v) is 11.2. The molecule has 0 aromatic heterocycles. The molecular weight excluding hydrogens is 266 g/mol. The molecule has 0 bridgehead atoms. The molecule has 1 aromatic carbocycles. The quantitative estimate of drug-likeness (QED) is 0.605. The van der Waals surface area contributed by atoms with Crippen molar-refractivity contribution in [2.75, 3.05) is 19.6 Å². The number of nitrogens with one attached hydrogen (secondary N) is 2. The Kier molecular flexibility index (Phi) is 5.68. The van der Waals surface area contributed by atoms with Crippen LogP contribution in [0.2, 0.25) is 0 Å². The smallest absolute Gasteiger partial charge is 0.251 e. The Labute approximate surface area is 112 Å². The summed E-state index contributed by atoms with van der Waals surface area (Å²) >= 11 is 0. The van der Waals surface area contributed by atoms with E-state index >= 15 is 0 Å². The van der Waals surface area contributed by atoms with E-state index in [0.29, 0.717) is 13.1 Å². The summed E-state index contributed by atoms with van der Waals surface area (Å²) in [6.07, 6.45) is 1.44. The van der Waals surface area contributed by atoms with Gasteiger partial charge in [0.25, 0.3) is 5.91 Å². The summed E-state index contributed by atoms with van der Waals surface area (Å²) in [4.78, 5) is 11.7. The standard InChI is InChI=1S/C12H17N3O3S/c1-2-7-15-19(17,18)11-5-3-4-10(9-11)12(16)14-8-6-13/h2-5,9,15H,1,6-8,13H2,(H,14,16). The van der Waals surface area contributed by atoms with Crippen LogP contribution in [-0.4, -0.2) is 34.0 Å². The normalized spacial score (nSPS) is 11.0. The predicted octanol–water partition coefficient (Wildman–Crippen LogP) is -0.161. The molecule has 0 aliphatic heterocycles. The van der Waals surface area contributed by atoms with Crippen molar-refractivity contribution in [3.63, 3.8) is 0 Å². The number of carbonyl (C=O) groups excluding carboxylic acids is 1. The van der Waals surface area contributed by atoms with E-state index in [0.717, 1.165) is 0 Å². The van der Waals surface area contributed by atoms with Crippen molar-refractivity contribution in [2.45, 2.75) is 4.90 Å². The SMILES string of the molecule is C=CCNS(=O)(=O)c1cccc(C(=O)NCCN)c1. The molecule has 104 valence electrons. The highest BCUT2D eigenvalue weighted by Crippen LogP contribution is 2.11. The van der Waals surface area contributed by atoms with E-state index in [1.807, 2.05) is 0 Å². The number of nitrogens with two attached hydrogens (primary N) is 1. The molecule has 7 heteroatoms. The minimum absolute atomic E-state index is 0.0368. The fraction of sp³-hybridized carbons (Fsp3) is 0.250. The number of carbonyl (C=O) groups is 1. The third-order valence-corrected chi connectivity index (χ3v) is 3.68. The van der Waals surface area contributed by atoms with E-state index in [1.54, 1.807) is 6.07 Å². The second kappa shape index (κ2) is 7.03. The highest BCUT2D eigenvalue weighted by Gasteiger charge is 2.15. The molecule has 0 fully saturated rings. The van der Waals surface area contributed by atoms with Crippen LogP contribution < -0.4 is 15.8 Å². The molecule has 0 saturated heterocycles. The Morgan fingerprint density at radius 1 is 1.42 bits per heavy atom. The summed E-state index contributed by atoms with van der Waals surface area (Å²) in [7, 11) is -3.62. The van der Waals surface area contributed by atoms with Crippen molar-refractivity contribution in [1.82, 2.24) is 10.0 Å². The van der Waals surface area contributed by atoms with Gasteiger partial charge in [-0.25, -0.2) is 13.1 Å². The first-order chi connectivity index (χ1) is 9.01. The van der Waals surface area contributed by atoms with E-state index in [-0.39, 0.29) is 22.9 Å². The molecule has 0 aliphatic carbocycles. The summed E-state index contributed by atoms with van der Waals surface area (Å²) in [5.74, 6) is -0.355. The van der Waals surface area contributed by atoms with Crippen LogP contribution in [-0.2, 0) is 10.0 Å². The first-order valence-corrected chi connectivity index (χ1v) is 7.18. The van der Waals surface area contributed by atoms with Gasteiger partial charge < -0.3 is 11.1 Å². The van der Waals surface area contributed by atoms with Crippen LogP contribution in [0.4, 0.5) is 0 Å². The van der Waals surface area contributed by atoms with Crippen LogP contribution in [0.15, 0.2) is 41.8 Å². The van der Waals surface area contributed by atoms with Gasteiger partial charge in [0.15, 0.2) is 0 Å². The lowest BCUT2D eigenvalue weighted by Crippen LogP contribution is -2.29. The number of hydrogen-bond donors (Lipinski definition) is 3. The molecule has 0 heterocycles. The molecule has 0 spiro atoms. The van der Waals surface area contributed by atoms with Crippen LogP contribution in [0.5, 0.6) is 0 Å². The van der Waals surface area contributed by atoms with Gasteiger partial charge in [0.1, 0.15) is 0 Å². The van der Waals surface area contributed by atoms with Crippen LogP contribution in [0.1, 0.15) is 10.4 Å². The molecule has 0 saturated carbocycles. The lowest BCUT2D eigenvalue weighted by molar-refractivity contribution is 0.0954. The van der Waals surface area contributed by atoms with Crippen molar-refractivity contribution in [3.8, 4) is 0 Å². The lowest BCUT2D eigenvalue weighted by atomic mass is 10.2. The molecular formula is C12H17N3O3S. The van der Waals surface area contributed by atoms with Gasteiger partial charge >= 0.3 is 0 Å². The Hall–Kier alpha value is -1.70. The molecule has 0 aliphatic rings. The first kappa shape index (κ1) is 15.4. The van der Waals surface area contributed by atoms with Gasteiger partial charge in [-0.1, -0.05) is 12.1 Å². The molecule has 4 N–H and O–H groups in total. The first-order valence-electron chi connectivity index (χ1n) is 5.70. The van der Waals surface area contributed by atoms with E-state index in [2.05, 4.69) is 16.6 Å². The second-order valence-electron chi connectivity index (χ2n) is 3.71. The maximum Gasteiger partial charge on any atom is 0.251 e. The number of hydrogen-bond acceptors (Lipinski definition) is 4. The van der Waals surface area contributed by atoms with Crippen molar-refractivity contribution in [2.24, 2.45) is 5.73 Å². The van der Waals surface area contributed by atoms with E-state index in [9.17, 15) is 13.2 Å². The fourth-order valence-electron chi connectivity index (χ4n) is 1.34. The largest absolute Gasteiger partial charge is 0.351 e. The summed E-state index contributed by atoms with van der Waals surface area (Å²) in [5, 5.41) is 2.58. The van der Waals surface area contributed by atoms with Crippen LogP contribution in [0, 0.1) is 0 Å². The minimum atomic E-state index is -3.62. The number of sulfonamides is 1. The van der Waals surface area contributed by atoms with Crippen molar-refractivity contribution in [3.05, 3.63) is 42.5 Å². The van der Waals surface area contributed by atoms with Crippen LogP contribution in [0.25, 0.3) is 0 Å². The van der Waals surface area contributed by atoms with E-state index in [1.165, 1.54) is 24.3 Å². The van der Waals surface area contributed by atoms with Gasteiger partial charge in [-0.2, -0.15) is 0 Å². The fourth-order valence-corrected chi connectivity index (χ4v) is 2.39. The maximum atomic E-state index is 11.9. The highest BCUT2D eigenvalue weighted by atomic mass is 32.2. The topological polar surface area (TPSA) is 101 Å². The average Bonchev–Trinajstić information content (AvgIpc) is 2.42. The Balaban J connectivity index is 2.93. The Bertz CT molecular complexity index is 555. The van der Waals surface area contributed by atoms with Gasteiger partial charge in [-0.05, 0) is 18.2 Å². The number of benzene rings is 1. The molecule has 1 aromatic rings. The van der Waals surface area contributed by atoms with Crippen molar-refractivity contribution in [1.29, 1.82) is 0 Å². The average molecular weight is 283 g/mol. The van der Waals surface area contributed by atoms with Gasteiger partial charge in [0, 0.05) is 25.2 Å². The predicted molar refractivity (Wildman–Crippen MR) is 73.2 cm³/mol. The highest BCUT2D eigenvalue weighted by molar-refractivity contribution is 7.89. The van der Waals surface area contributed by atoms with Gasteiger partial charge in [0.2, 0.25) is 10.0 Å². The minimum Gasteiger partial charge on any atom is -0.351 e. The van der Waals surface area contributed by atoms with Crippen LogP contribution in [0.3, 0.4) is 0 Å². The summed E-state index contributed by atoms with van der Waals surface area (Å²) in [6.45, 7) is 4.23. The molecule has 0 radical (unpaired) electrons. The Morgan fingerprint density at radius 3 is 2.79 bits per heavy atom. The van der Waals surface area contributed by atoms with Crippen molar-refractivity contribution < 1.29 is 13.2 Å². The molecule has 6 nitrogen and oxygen atoms in total. The number of amides is 1. The molecule has 1 rings (SSSR count). The van der Waals surface area contributed by atoms with Gasteiger partial charge in [-0.15, -0.1) is 6.58 Å². The van der Waals surface area contributed by atoms with Gasteiger partial charge in [-0.3, -0.25) is 4.79 Å². The molecule has 0 unspecified atom stereocenters. The van der Waals surface area contributed by atoms with Crippen molar-refractivity contribution >= 4 is 15.9 Å². The third-order valence-electron chi connectivity index (χ3n) is 2.25. The summed E-state index contributed by atoms with van der Waals surface area (Å²) in [6, 6.07) is 5.79. The van der Waals surface area contributed by atoms with E-state index < -0.39 is 10.0 Å².